The Morgan fingerprint density at radius 3 is 1.10 bits per heavy atom. The van der Waals surface area contributed by atoms with Gasteiger partial charge in [0.05, 0.1) is 22.1 Å². The van der Waals surface area contributed by atoms with E-state index in [1.165, 1.54) is 88.4 Å². The van der Waals surface area contributed by atoms with Crippen LogP contribution in [0.4, 0.5) is 0 Å². The maximum absolute atomic E-state index is 2.41. The van der Waals surface area contributed by atoms with Gasteiger partial charge in [-0.25, -0.2) is 0 Å². The molecular weight excluding hydrogens is 508 g/mol. The lowest BCUT2D eigenvalue weighted by molar-refractivity contribution is 1.16. The van der Waals surface area contributed by atoms with Crippen molar-refractivity contribution in [3.05, 3.63) is 144 Å². The number of hydrogen-bond donors (Lipinski definition) is 0. The Kier molecular flexibility index (Phi) is 5.42. The minimum absolute atomic E-state index is 1.21. The molecule has 0 aliphatic rings. The smallest absolute Gasteiger partial charge is 0.0541 e. The summed E-state index contributed by atoms with van der Waals surface area (Å²) in [5.41, 5.74) is 15.0. The molecule has 202 valence electrons. The van der Waals surface area contributed by atoms with Crippen LogP contribution in [0.1, 0.15) is 22.3 Å². The molecule has 0 amide bonds. The average Bonchev–Trinajstić information content (AvgIpc) is 3.48. The minimum Gasteiger partial charge on any atom is -0.309 e. The Balaban J connectivity index is 1.35. The first-order valence-electron chi connectivity index (χ1n) is 14.7. The molecule has 0 radical (unpaired) electrons. The van der Waals surface area contributed by atoms with Gasteiger partial charge in [0.1, 0.15) is 0 Å². The highest BCUT2D eigenvalue weighted by atomic mass is 15.0. The van der Waals surface area contributed by atoms with E-state index in [0.717, 1.165) is 0 Å². The van der Waals surface area contributed by atoms with E-state index in [1.54, 1.807) is 0 Å². The Morgan fingerprint density at radius 1 is 0.333 bits per heavy atom. The summed E-state index contributed by atoms with van der Waals surface area (Å²) in [6.45, 7) is 8.71. The summed E-state index contributed by atoms with van der Waals surface area (Å²) < 4.78 is 4.82. The second-order valence-corrected chi connectivity index (χ2v) is 11.9. The zero-order valence-electron chi connectivity index (χ0n) is 24.4. The number of nitrogens with zero attached hydrogens (tertiary/aromatic N) is 2. The van der Waals surface area contributed by atoms with Crippen molar-refractivity contribution in [2.45, 2.75) is 27.7 Å². The van der Waals surface area contributed by atoms with E-state index in [-0.39, 0.29) is 0 Å². The largest absolute Gasteiger partial charge is 0.309 e. The third-order valence-corrected chi connectivity index (χ3v) is 8.61. The van der Waals surface area contributed by atoms with Crippen molar-refractivity contribution in [1.82, 2.24) is 9.13 Å². The van der Waals surface area contributed by atoms with Crippen molar-refractivity contribution in [2.75, 3.05) is 0 Å². The summed E-state index contributed by atoms with van der Waals surface area (Å²) in [5.74, 6) is 0. The molecule has 0 fully saturated rings. The van der Waals surface area contributed by atoms with Crippen LogP contribution < -0.4 is 0 Å². The Labute approximate surface area is 246 Å². The fraction of sp³-hybridized carbons (Fsp3) is 0.100. The fourth-order valence-electron chi connectivity index (χ4n) is 7.02. The van der Waals surface area contributed by atoms with Crippen molar-refractivity contribution < 1.29 is 0 Å². The zero-order chi connectivity index (χ0) is 28.5. The van der Waals surface area contributed by atoms with Crippen LogP contribution in [0, 0.1) is 27.7 Å². The molecule has 0 saturated heterocycles. The van der Waals surface area contributed by atoms with Gasteiger partial charge < -0.3 is 9.13 Å². The maximum atomic E-state index is 2.41. The number of fused-ring (bicyclic) bond motifs is 6. The normalized spacial score (nSPS) is 11.8. The van der Waals surface area contributed by atoms with Gasteiger partial charge in [-0.1, -0.05) is 60.7 Å². The van der Waals surface area contributed by atoms with Crippen LogP contribution in [0.2, 0.25) is 0 Å². The Hall–Kier alpha value is -5.08. The van der Waals surface area contributed by atoms with Gasteiger partial charge in [-0.05, 0) is 122 Å². The second kappa shape index (κ2) is 9.22. The molecule has 8 rings (SSSR count). The van der Waals surface area contributed by atoms with Gasteiger partial charge in [-0.3, -0.25) is 0 Å². The van der Waals surface area contributed by atoms with E-state index in [9.17, 15) is 0 Å². The highest BCUT2D eigenvalue weighted by Gasteiger charge is 2.16. The fourth-order valence-corrected chi connectivity index (χ4v) is 7.02. The second-order valence-electron chi connectivity index (χ2n) is 11.9. The summed E-state index contributed by atoms with van der Waals surface area (Å²) >= 11 is 0. The van der Waals surface area contributed by atoms with Gasteiger partial charge in [-0.2, -0.15) is 0 Å². The number of benzene rings is 6. The SMILES string of the molecule is Cc1cc(C)cc(-n2c3ccccc3c3cc(-c4ccc5c(c4)c4ccccc4n5-c4cc(C)cc(C)c4)ccc32)c1. The first-order chi connectivity index (χ1) is 20.4. The van der Waals surface area contributed by atoms with E-state index in [1.807, 2.05) is 0 Å². The number of hydrogen-bond acceptors (Lipinski definition) is 0. The molecule has 0 aliphatic carbocycles. The molecule has 0 N–H and O–H groups in total. The lowest BCUT2D eigenvalue weighted by atomic mass is 10.0. The summed E-state index contributed by atoms with van der Waals surface area (Å²) in [7, 11) is 0. The number of rotatable bonds is 3. The van der Waals surface area contributed by atoms with Crippen molar-refractivity contribution in [2.24, 2.45) is 0 Å². The van der Waals surface area contributed by atoms with E-state index < -0.39 is 0 Å². The van der Waals surface area contributed by atoms with E-state index in [0.29, 0.717) is 0 Å². The Morgan fingerprint density at radius 2 is 0.690 bits per heavy atom. The molecule has 0 saturated carbocycles. The van der Waals surface area contributed by atoms with Gasteiger partial charge in [0, 0.05) is 32.9 Å². The highest BCUT2D eigenvalue weighted by molar-refractivity contribution is 6.12. The van der Waals surface area contributed by atoms with Crippen LogP contribution in [0.5, 0.6) is 0 Å². The van der Waals surface area contributed by atoms with Gasteiger partial charge in [0.15, 0.2) is 0 Å². The van der Waals surface area contributed by atoms with Crippen molar-refractivity contribution in [3.63, 3.8) is 0 Å². The Bertz CT molecular complexity index is 2140. The van der Waals surface area contributed by atoms with Crippen LogP contribution in [0.15, 0.2) is 121 Å². The standard InChI is InChI=1S/C40H32N2/c1-25-17-26(2)20-31(19-25)41-37-11-7-5-9-33(37)35-23-29(13-15-39(35)41)30-14-16-40-36(24-30)34-10-6-8-12-38(34)42(40)32-21-27(3)18-28(4)22-32/h5-24H,1-4H3. The molecule has 2 heterocycles. The molecule has 0 unspecified atom stereocenters. The van der Waals surface area contributed by atoms with Gasteiger partial charge in [0.2, 0.25) is 0 Å². The molecular formula is C40H32N2. The molecule has 0 atom stereocenters. The van der Waals surface area contributed by atoms with E-state index in [4.69, 9.17) is 0 Å². The van der Waals surface area contributed by atoms with Crippen molar-refractivity contribution in [1.29, 1.82) is 0 Å². The first kappa shape index (κ1) is 24.7. The predicted molar refractivity (Wildman–Crippen MR) is 180 cm³/mol. The predicted octanol–water partition coefficient (Wildman–Crippen LogP) is 10.8. The molecule has 2 aromatic heterocycles. The molecule has 2 heteroatoms. The van der Waals surface area contributed by atoms with Crippen LogP contribution >= 0.6 is 0 Å². The molecule has 8 aromatic rings. The number of aromatic nitrogens is 2. The molecule has 0 aliphatic heterocycles. The number of aryl methyl sites for hydroxylation is 4. The third-order valence-electron chi connectivity index (χ3n) is 8.61. The van der Waals surface area contributed by atoms with Crippen LogP contribution in [0.3, 0.4) is 0 Å². The van der Waals surface area contributed by atoms with Gasteiger partial charge in [0.25, 0.3) is 0 Å². The average molecular weight is 541 g/mol. The quantitative estimate of drug-likeness (QED) is 0.211. The van der Waals surface area contributed by atoms with Crippen LogP contribution in [0.25, 0.3) is 66.1 Å². The van der Waals surface area contributed by atoms with Gasteiger partial charge in [-0.15, -0.1) is 0 Å². The van der Waals surface area contributed by atoms with E-state index >= 15 is 0 Å². The lowest BCUT2D eigenvalue weighted by Crippen LogP contribution is -1.95. The third kappa shape index (κ3) is 3.79. The summed E-state index contributed by atoms with van der Waals surface area (Å²) in [5, 5.41) is 5.11. The minimum atomic E-state index is 1.21. The lowest BCUT2D eigenvalue weighted by Gasteiger charge is -2.11. The molecule has 42 heavy (non-hydrogen) atoms. The van der Waals surface area contributed by atoms with Crippen LogP contribution in [-0.2, 0) is 0 Å². The summed E-state index contributed by atoms with van der Waals surface area (Å²) in [4.78, 5) is 0. The van der Waals surface area contributed by atoms with Gasteiger partial charge >= 0.3 is 0 Å². The van der Waals surface area contributed by atoms with Crippen LogP contribution in [-0.4, -0.2) is 9.13 Å². The molecule has 0 spiro atoms. The van der Waals surface area contributed by atoms with Crippen molar-refractivity contribution >= 4 is 43.6 Å². The molecule has 0 bridgehead atoms. The number of para-hydroxylation sites is 2. The molecule has 6 aromatic carbocycles. The van der Waals surface area contributed by atoms with E-state index in [2.05, 4.69) is 158 Å². The summed E-state index contributed by atoms with van der Waals surface area (Å²) in [6.07, 6.45) is 0. The molecule has 2 nitrogen and oxygen atoms in total. The maximum Gasteiger partial charge on any atom is 0.0541 e. The first-order valence-corrected chi connectivity index (χ1v) is 14.7. The monoisotopic (exact) mass is 540 g/mol. The van der Waals surface area contributed by atoms with Crippen molar-refractivity contribution in [3.8, 4) is 22.5 Å². The highest BCUT2D eigenvalue weighted by Crippen LogP contribution is 2.38. The summed E-state index contributed by atoms with van der Waals surface area (Å²) in [6, 6.07) is 45.1. The topological polar surface area (TPSA) is 9.86 Å². The zero-order valence-corrected chi connectivity index (χ0v) is 24.4.